The van der Waals surface area contributed by atoms with E-state index in [2.05, 4.69) is 14.9 Å². The molecule has 1 aromatic heterocycles. The molecule has 0 amide bonds. The Morgan fingerprint density at radius 1 is 1.29 bits per heavy atom. The molecule has 3 fully saturated rings. The molecule has 2 heterocycles. The highest BCUT2D eigenvalue weighted by molar-refractivity contribution is 5.39. The zero-order valence-electron chi connectivity index (χ0n) is 12.3. The summed E-state index contributed by atoms with van der Waals surface area (Å²) in [5, 5.41) is 10.7. The number of nitrogens with one attached hydrogen (secondary N) is 1. The number of rotatable bonds is 2. The second kappa shape index (κ2) is 4.83. The van der Waals surface area contributed by atoms with Crippen LogP contribution >= 0.6 is 0 Å². The van der Waals surface area contributed by atoms with Crippen molar-refractivity contribution in [3.8, 4) is 0 Å². The first kappa shape index (κ1) is 13.3. The lowest BCUT2D eigenvalue weighted by atomic mass is 9.71. The van der Waals surface area contributed by atoms with Crippen LogP contribution in [0.5, 0.6) is 0 Å². The maximum absolute atomic E-state index is 11.9. The van der Waals surface area contributed by atoms with Gasteiger partial charge in [-0.05, 0) is 32.1 Å². The number of fused-ring (bicyclic) bond motifs is 1. The fourth-order valence-corrected chi connectivity index (χ4v) is 3.95. The van der Waals surface area contributed by atoms with Crippen molar-refractivity contribution in [1.82, 2.24) is 9.97 Å². The minimum Gasteiger partial charge on any atom is -0.389 e. The Hall–Kier alpha value is -1.36. The zero-order chi connectivity index (χ0) is 14.4. The summed E-state index contributed by atoms with van der Waals surface area (Å²) in [6, 6.07) is 1.61. The molecule has 5 heteroatoms. The lowest BCUT2D eigenvalue weighted by molar-refractivity contribution is -0.0613. The van der Waals surface area contributed by atoms with Crippen molar-refractivity contribution < 1.29 is 5.11 Å². The van der Waals surface area contributed by atoms with Gasteiger partial charge in [0.1, 0.15) is 11.6 Å². The van der Waals surface area contributed by atoms with Crippen molar-refractivity contribution in [2.75, 3.05) is 18.0 Å². The monoisotopic (exact) mass is 289 g/mol. The van der Waals surface area contributed by atoms with E-state index in [1.807, 2.05) is 0 Å². The molecule has 3 aliphatic rings. The van der Waals surface area contributed by atoms with Gasteiger partial charge in [-0.1, -0.05) is 12.8 Å². The third-order valence-corrected chi connectivity index (χ3v) is 5.46. The van der Waals surface area contributed by atoms with Crippen LogP contribution in [0.25, 0.3) is 0 Å². The quantitative estimate of drug-likeness (QED) is 0.870. The standard InChI is InChI=1S/C16H23N3O2/c20-14-9-13(17-15(18-14)11-4-5-11)19-8-7-16(21)6-2-1-3-12(16)10-19/h9,11-12,21H,1-8,10H2,(H,17,18,20). The van der Waals surface area contributed by atoms with Crippen LogP contribution in [0.3, 0.4) is 0 Å². The normalized spacial score (nSPS) is 32.8. The van der Waals surface area contributed by atoms with Gasteiger partial charge in [-0.15, -0.1) is 0 Å². The van der Waals surface area contributed by atoms with Crippen molar-refractivity contribution in [3.05, 3.63) is 22.2 Å². The number of aromatic nitrogens is 2. The van der Waals surface area contributed by atoms with E-state index in [4.69, 9.17) is 0 Å². The lowest BCUT2D eigenvalue weighted by Gasteiger charge is -2.47. The summed E-state index contributed by atoms with van der Waals surface area (Å²) < 4.78 is 0. The Morgan fingerprint density at radius 3 is 2.95 bits per heavy atom. The molecule has 21 heavy (non-hydrogen) atoms. The van der Waals surface area contributed by atoms with E-state index in [0.717, 1.165) is 63.3 Å². The summed E-state index contributed by atoms with van der Waals surface area (Å²) in [5.74, 6) is 2.43. The number of nitrogens with zero attached hydrogens (tertiary/aromatic N) is 2. The SMILES string of the molecule is O=c1cc(N2CCC3(O)CCCCC3C2)nc(C2CC2)[nH]1. The van der Waals surface area contributed by atoms with Crippen LogP contribution in [0.4, 0.5) is 5.82 Å². The number of piperidine rings is 1. The Morgan fingerprint density at radius 2 is 2.14 bits per heavy atom. The second-order valence-corrected chi connectivity index (χ2v) is 7.01. The number of aromatic amines is 1. The van der Waals surface area contributed by atoms with Crippen LogP contribution in [-0.2, 0) is 0 Å². The molecule has 1 aliphatic heterocycles. The third-order valence-electron chi connectivity index (χ3n) is 5.46. The fraction of sp³-hybridized carbons (Fsp3) is 0.750. The van der Waals surface area contributed by atoms with Gasteiger partial charge >= 0.3 is 0 Å². The summed E-state index contributed by atoms with van der Waals surface area (Å²) in [7, 11) is 0. The van der Waals surface area contributed by atoms with Gasteiger partial charge in [0.05, 0.1) is 5.60 Å². The van der Waals surface area contributed by atoms with Crippen LogP contribution in [0.15, 0.2) is 10.9 Å². The van der Waals surface area contributed by atoms with E-state index in [1.54, 1.807) is 6.07 Å². The van der Waals surface area contributed by atoms with Crippen LogP contribution in [0, 0.1) is 5.92 Å². The molecular formula is C16H23N3O2. The number of aliphatic hydroxyl groups is 1. The van der Waals surface area contributed by atoms with Gasteiger partial charge in [0.25, 0.3) is 5.56 Å². The number of anilines is 1. The summed E-state index contributed by atoms with van der Waals surface area (Å²) >= 11 is 0. The Labute approximate surface area is 124 Å². The maximum Gasteiger partial charge on any atom is 0.252 e. The van der Waals surface area contributed by atoms with E-state index in [9.17, 15) is 9.90 Å². The molecule has 114 valence electrons. The lowest BCUT2D eigenvalue weighted by Crippen LogP contribution is -2.53. The first-order valence-electron chi connectivity index (χ1n) is 8.23. The molecule has 5 nitrogen and oxygen atoms in total. The van der Waals surface area contributed by atoms with Gasteiger partial charge in [0.15, 0.2) is 0 Å². The summed E-state index contributed by atoms with van der Waals surface area (Å²) in [4.78, 5) is 21.6. The predicted molar refractivity (Wildman–Crippen MR) is 80.6 cm³/mol. The van der Waals surface area contributed by atoms with E-state index < -0.39 is 5.60 Å². The van der Waals surface area contributed by atoms with Gasteiger partial charge in [-0.25, -0.2) is 4.98 Å². The van der Waals surface area contributed by atoms with Gasteiger partial charge in [-0.2, -0.15) is 0 Å². The molecule has 1 aromatic rings. The van der Waals surface area contributed by atoms with Crippen LogP contribution < -0.4 is 10.5 Å². The summed E-state index contributed by atoms with van der Waals surface area (Å²) in [6.45, 7) is 1.63. The molecule has 1 saturated heterocycles. The van der Waals surface area contributed by atoms with Gasteiger partial charge < -0.3 is 15.0 Å². The van der Waals surface area contributed by atoms with Gasteiger partial charge in [0.2, 0.25) is 0 Å². The molecular weight excluding hydrogens is 266 g/mol. The first-order chi connectivity index (χ1) is 10.1. The zero-order valence-corrected chi connectivity index (χ0v) is 12.3. The van der Waals surface area contributed by atoms with Gasteiger partial charge in [0, 0.05) is 31.0 Å². The Bertz CT molecular complexity index is 595. The highest BCUT2D eigenvalue weighted by atomic mass is 16.3. The molecule has 2 aliphatic carbocycles. The molecule has 0 aromatic carbocycles. The number of H-pyrrole nitrogens is 1. The third kappa shape index (κ3) is 2.48. The van der Waals surface area contributed by atoms with Crippen molar-refractivity contribution in [3.63, 3.8) is 0 Å². The Balaban J connectivity index is 1.58. The first-order valence-corrected chi connectivity index (χ1v) is 8.23. The summed E-state index contributed by atoms with van der Waals surface area (Å²) in [5.41, 5.74) is -0.527. The van der Waals surface area contributed by atoms with Crippen molar-refractivity contribution in [2.24, 2.45) is 5.92 Å². The molecule has 0 spiro atoms. The summed E-state index contributed by atoms with van der Waals surface area (Å²) in [6.07, 6.45) is 7.43. The molecule has 0 bridgehead atoms. The smallest absolute Gasteiger partial charge is 0.252 e. The Kier molecular flexibility index (Phi) is 3.06. The van der Waals surface area contributed by atoms with Crippen molar-refractivity contribution in [2.45, 2.75) is 56.5 Å². The minimum absolute atomic E-state index is 0.0496. The number of hydrogen-bond acceptors (Lipinski definition) is 4. The van der Waals surface area contributed by atoms with Crippen molar-refractivity contribution in [1.29, 1.82) is 0 Å². The largest absolute Gasteiger partial charge is 0.389 e. The minimum atomic E-state index is -0.477. The average molecular weight is 289 g/mol. The molecule has 4 rings (SSSR count). The van der Waals surface area contributed by atoms with E-state index in [0.29, 0.717) is 11.8 Å². The molecule has 2 saturated carbocycles. The maximum atomic E-state index is 11.9. The molecule has 2 unspecified atom stereocenters. The second-order valence-electron chi connectivity index (χ2n) is 7.01. The molecule has 2 atom stereocenters. The van der Waals surface area contributed by atoms with Crippen LogP contribution in [-0.4, -0.2) is 33.8 Å². The highest BCUT2D eigenvalue weighted by Crippen LogP contribution is 2.41. The van der Waals surface area contributed by atoms with Gasteiger partial charge in [-0.3, -0.25) is 4.79 Å². The highest BCUT2D eigenvalue weighted by Gasteiger charge is 2.43. The van der Waals surface area contributed by atoms with E-state index in [1.165, 1.54) is 6.42 Å². The van der Waals surface area contributed by atoms with E-state index >= 15 is 0 Å². The van der Waals surface area contributed by atoms with Crippen molar-refractivity contribution >= 4 is 5.82 Å². The topological polar surface area (TPSA) is 69.2 Å². The van der Waals surface area contributed by atoms with Crippen LogP contribution in [0.2, 0.25) is 0 Å². The average Bonchev–Trinajstić information content (AvgIpc) is 3.30. The fourth-order valence-electron chi connectivity index (χ4n) is 3.95. The molecule has 2 N–H and O–H groups in total. The predicted octanol–water partition coefficient (Wildman–Crippen LogP) is 1.78. The van der Waals surface area contributed by atoms with E-state index in [-0.39, 0.29) is 5.56 Å². The molecule has 0 radical (unpaired) electrons. The van der Waals surface area contributed by atoms with Crippen LogP contribution in [0.1, 0.15) is 56.7 Å². The number of hydrogen-bond donors (Lipinski definition) is 2.